The number of phenols is 2. The number of likely N-dealkylation sites (tertiary alicyclic amines) is 1. The van der Waals surface area contributed by atoms with Crippen molar-refractivity contribution in [1.82, 2.24) is 20.5 Å². The Morgan fingerprint density at radius 2 is 1.90 bits per heavy atom. The minimum absolute atomic E-state index is 0.000397. The lowest BCUT2D eigenvalue weighted by Crippen LogP contribution is -2.71. The summed E-state index contributed by atoms with van der Waals surface area (Å²) >= 11 is 8.30. The van der Waals surface area contributed by atoms with Gasteiger partial charge in [-0.3, -0.25) is 14.5 Å². The van der Waals surface area contributed by atoms with Gasteiger partial charge in [-0.05, 0) is 26.0 Å². The third-order valence-electron chi connectivity index (χ3n) is 8.65. The number of oxime groups is 1. The van der Waals surface area contributed by atoms with Gasteiger partial charge in [0.25, 0.3) is 11.8 Å². The van der Waals surface area contributed by atoms with Crippen molar-refractivity contribution in [3.05, 3.63) is 39.5 Å². The van der Waals surface area contributed by atoms with Crippen molar-refractivity contribution in [2.75, 3.05) is 49.5 Å². The lowest BCUT2D eigenvalue weighted by molar-refractivity contribution is -0.911. The van der Waals surface area contributed by atoms with Crippen LogP contribution in [-0.4, -0.2) is 126 Å². The summed E-state index contributed by atoms with van der Waals surface area (Å²) in [7, 11) is 0. The maximum atomic E-state index is 13.5. The summed E-state index contributed by atoms with van der Waals surface area (Å²) in [6, 6.07) is 0.817. The number of nitrogens with one attached hydrogen (secondary N) is 3. The van der Waals surface area contributed by atoms with E-state index in [-0.39, 0.29) is 39.5 Å². The Balaban J connectivity index is 1.27. The number of phenolic OH excluding ortho intramolecular Hbond substituents is 2. The Kier molecular flexibility index (Phi) is 10.9. The first-order valence-corrected chi connectivity index (χ1v) is 17.9. The predicted molar refractivity (Wildman–Crippen MR) is 186 cm³/mol. The van der Waals surface area contributed by atoms with Crippen LogP contribution in [0.15, 0.2) is 33.9 Å². The molecule has 0 radical (unpaired) electrons. The second kappa shape index (κ2) is 14.8. The number of urea groups is 1. The smallest absolute Gasteiger partial charge is 0.352 e. The number of aromatic hydroxyl groups is 2. The highest BCUT2D eigenvalue weighted by Gasteiger charge is 2.55. The quantitative estimate of drug-likeness (QED) is 0.0360. The maximum absolute atomic E-state index is 13.5. The summed E-state index contributed by atoms with van der Waals surface area (Å²) in [5.41, 5.74) is 4.00. The molecule has 3 aliphatic heterocycles. The molecule has 2 atom stereocenters. The number of benzene rings is 1. The average molecular weight is 768 g/mol. The van der Waals surface area contributed by atoms with Crippen LogP contribution in [-0.2, 0) is 24.0 Å². The number of anilines is 2. The molecule has 4 heterocycles. The van der Waals surface area contributed by atoms with Crippen LogP contribution in [0.25, 0.3) is 0 Å². The van der Waals surface area contributed by atoms with E-state index in [4.69, 9.17) is 22.2 Å². The van der Waals surface area contributed by atoms with Crippen LogP contribution in [0.4, 0.5) is 15.6 Å². The van der Waals surface area contributed by atoms with E-state index in [2.05, 4.69) is 26.1 Å². The number of hydrogen-bond donors (Lipinski definition) is 8. The molecule has 51 heavy (non-hydrogen) atoms. The third kappa shape index (κ3) is 7.92. The minimum Gasteiger partial charge on any atom is -0.504 e. The van der Waals surface area contributed by atoms with E-state index in [0.717, 1.165) is 42.2 Å². The van der Waals surface area contributed by atoms with E-state index in [1.54, 1.807) is 0 Å². The van der Waals surface area contributed by atoms with Crippen molar-refractivity contribution in [2.45, 2.75) is 43.7 Å². The Bertz CT molecular complexity index is 1830. The average Bonchev–Trinajstić information content (AvgIpc) is 3.72. The van der Waals surface area contributed by atoms with Crippen LogP contribution < -0.4 is 21.7 Å². The topological polar surface area (TPSA) is 266 Å². The zero-order valence-electron chi connectivity index (χ0n) is 27.3. The van der Waals surface area contributed by atoms with E-state index < -0.39 is 64.0 Å². The molecule has 2 fully saturated rings. The molecule has 1 aromatic heterocycles. The molecule has 2 aromatic rings. The minimum atomic E-state index is -1.79. The summed E-state index contributed by atoms with van der Waals surface area (Å²) in [6.07, 6.45) is 1.78. The van der Waals surface area contributed by atoms with Gasteiger partial charge in [0, 0.05) is 29.5 Å². The summed E-state index contributed by atoms with van der Waals surface area (Å²) in [5, 5.41) is 51.2. The zero-order valence-corrected chi connectivity index (χ0v) is 29.7. The summed E-state index contributed by atoms with van der Waals surface area (Å²) in [4.78, 5) is 73.9. The molecule has 0 aliphatic carbocycles. The van der Waals surface area contributed by atoms with Crippen LogP contribution in [0.2, 0.25) is 5.02 Å². The van der Waals surface area contributed by atoms with Crippen LogP contribution in [0.3, 0.4) is 0 Å². The molecular weight excluding hydrogens is 732 g/mol. The van der Waals surface area contributed by atoms with Gasteiger partial charge in [-0.2, -0.15) is 0 Å². The van der Waals surface area contributed by atoms with Crippen molar-refractivity contribution < 1.29 is 53.7 Å². The lowest BCUT2D eigenvalue weighted by atomic mass is 10.0. The van der Waals surface area contributed by atoms with Crippen molar-refractivity contribution >= 4 is 81.0 Å². The van der Waals surface area contributed by atoms with Crippen molar-refractivity contribution in [3.8, 4) is 11.5 Å². The first-order chi connectivity index (χ1) is 24.0. The largest absolute Gasteiger partial charge is 0.504 e. The van der Waals surface area contributed by atoms with Gasteiger partial charge in [0.2, 0.25) is 5.60 Å². The van der Waals surface area contributed by atoms with Gasteiger partial charge in [0.05, 0.1) is 31.9 Å². The molecule has 18 nitrogen and oxygen atoms in total. The number of amides is 4. The van der Waals surface area contributed by atoms with Gasteiger partial charge in [0.15, 0.2) is 22.3 Å². The molecule has 0 spiro atoms. The van der Waals surface area contributed by atoms with Crippen molar-refractivity contribution in [1.29, 1.82) is 0 Å². The molecule has 0 saturated carbocycles. The fourth-order valence-electron chi connectivity index (χ4n) is 5.91. The third-order valence-corrected chi connectivity index (χ3v) is 11.0. The molecule has 5 rings (SSSR count). The maximum Gasteiger partial charge on any atom is 0.352 e. The van der Waals surface area contributed by atoms with Crippen LogP contribution in [0.1, 0.15) is 32.4 Å². The second-order valence-corrected chi connectivity index (χ2v) is 15.0. The number of aliphatic carboxylic acids is 2. The van der Waals surface area contributed by atoms with Crippen LogP contribution >= 0.6 is 34.7 Å². The molecule has 3 aliphatic rings. The number of thiazole rings is 1. The number of rotatable bonds is 13. The number of nitrogens with two attached hydrogens (primary N) is 1. The molecule has 0 unspecified atom stereocenters. The number of carbonyl (C=O) groups excluding carboxylic acids is 3. The zero-order chi connectivity index (χ0) is 37.2. The lowest BCUT2D eigenvalue weighted by Gasteiger charge is -2.50. The highest BCUT2D eigenvalue weighted by Crippen LogP contribution is 2.42. The highest BCUT2D eigenvalue weighted by molar-refractivity contribution is 8.00. The fraction of sp³-hybridized carbons (Fsp3) is 0.433. The van der Waals surface area contributed by atoms with E-state index in [1.165, 1.54) is 43.1 Å². The number of aromatic nitrogens is 1. The molecule has 4 amide bonds. The van der Waals surface area contributed by atoms with E-state index >= 15 is 0 Å². The molecule has 1 aromatic carbocycles. The van der Waals surface area contributed by atoms with Gasteiger partial charge in [-0.15, -0.1) is 23.1 Å². The molecule has 274 valence electrons. The number of thioether (sulfide) groups is 1. The predicted octanol–water partition coefficient (Wildman–Crippen LogP) is 1.54. The number of carboxylic acid groups (broad SMARTS) is 2. The van der Waals surface area contributed by atoms with Crippen molar-refractivity contribution in [2.24, 2.45) is 5.16 Å². The van der Waals surface area contributed by atoms with E-state index in [1.807, 2.05) is 0 Å². The summed E-state index contributed by atoms with van der Waals surface area (Å²) in [6.45, 7) is 4.92. The fourth-order valence-corrected chi connectivity index (χ4v) is 8.00. The van der Waals surface area contributed by atoms with E-state index in [0.29, 0.717) is 23.1 Å². The number of quaternary nitrogens is 1. The first-order valence-electron chi connectivity index (χ1n) is 15.6. The Hall–Kier alpha value is -4.79. The van der Waals surface area contributed by atoms with Gasteiger partial charge in [-0.25, -0.2) is 19.4 Å². The standard InChI is InChI=1S/C30H35ClN8O10S2/c1-30(2,27(46)47)49-37-19(16-13-51-28(32)34-16)23(42)36-20-24(43)38-21(26(44)45)14(12-50-25(20)38)11-39(8-3-4-9-39)10-7-33-29(48)35-15-5-6-17(40)22(41)18(15)31/h5-6,13,20,25H,3-4,7-12H2,1-2H3,(H8-,32,33,34,35,36,37,40,41,42,44,45,46,47,48)/p+1/t20-,25-/m1/s1. The molecule has 9 N–H and O–H groups in total. The SMILES string of the molecule is CC(C)(O/N=C(\C(=O)N[C@@H]1C(=O)N2C(C(=O)O)=C(C[N+]3(CCNC(=O)Nc4ccc(O)c(O)c4Cl)CCCC3)CS[C@H]12)c1csc(N)n1)C(=O)O. The number of carboxylic acids is 2. The van der Waals surface area contributed by atoms with Gasteiger partial charge >= 0.3 is 18.0 Å². The molecular formula is C30H36ClN8O10S2+. The number of fused-ring (bicyclic) bond motifs is 1. The Morgan fingerprint density at radius 3 is 2.53 bits per heavy atom. The molecule has 0 bridgehead atoms. The van der Waals surface area contributed by atoms with E-state index in [9.17, 15) is 44.4 Å². The van der Waals surface area contributed by atoms with Crippen molar-refractivity contribution in [3.63, 3.8) is 0 Å². The number of β-lactam (4-membered cyclic amide) rings is 1. The van der Waals surface area contributed by atoms with Gasteiger partial charge in [0.1, 0.15) is 34.4 Å². The second-order valence-electron chi connectivity index (χ2n) is 12.6. The highest BCUT2D eigenvalue weighted by atomic mass is 35.5. The number of hydrogen-bond acceptors (Lipinski definition) is 13. The normalized spacial score (nSPS) is 19.9. The van der Waals surface area contributed by atoms with Crippen LogP contribution in [0, 0.1) is 0 Å². The monoisotopic (exact) mass is 767 g/mol. The Morgan fingerprint density at radius 1 is 1.20 bits per heavy atom. The number of nitrogens with zero attached hydrogens (tertiary/aromatic N) is 4. The number of halogens is 1. The van der Waals surface area contributed by atoms with Crippen LogP contribution in [0.5, 0.6) is 11.5 Å². The molecule has 2 saturated heterocycles. The molecule has 21 heteroatoms. The Labute approximate surface area is 303 Å². The summed E-state index contributed by atoms with van der Waals surface area (Å²) in [5.74, 6) is -4.90. The first kappa shape index (κ1) is 37.5. The number of carbonyl (C=O) groups is 5. The summed E-state index contributed by atoms with van der Waals surface area (Å²) < 4.78 is 0.476. The van der Waals surface area contributed by atoms with Gasteiger partial charge in [-0.1, -0.05) is 16.8 Å². The van der Waals surface area contributed by atoms with Gasteiger partial charge < -0.3 is 51.4 Å². The number of nitrogen functional groups attached to an aromatic ring is 1.